The molecule has 0 atom stereocenters. The first-order valence-corrected chi connectivity index (χ1v) is 6.38. The number of methoxy groups -OCH3 is 1. The normalized spacial score (nSPS) is 18.1. The highest BCUT2D eigenvalue weighted by molar-refractivity contribution is 5.88. The third-order valence-corrected chi connectivity index (χ3v) is 3.90. The monoisotopic (exact) mass is 248 g/mol. The lowest BCUT2D eigenvalue weighted by Gasteiger charge is -2.35. The van der Waals surface area contributed by atoms with E-state index < -0.39 is 5.41 Å². The summed E-state index contributed by atoms with van der Waals surface area (Å²) in [7, 11) is 1.63. The molecule has 0 unspecified atom stereocenters. The largest absolute Gasteiger partial charge is 0.497 e. The van der Waals surface area contributed by atoms with Gasteiger partial charge < -0.3 is 4.74 Å². The average Bonchev–Trinajstić information content (AvgIpc) is 2.47. The molecule has 1 aromatic carbocycles. The van der Waals surface area contributed by atoms with Gasteiger partial charge in [-0.05, 0) is 30.5 Å². The molecule has 0 heterocycles. The molecule has 1 saturated carbocycles. The van der Waals surface area contributed by atoms with Crippen molar-refractivity contribution in [1.29, 1.82) is 0 Å². The minimum atomic E-state index is -0.485. The molecule has 18 heavy (non-hydrogen) atoms. The van der Waals surface area contributed by atoms with E-state index in [-0.39, 0.29) is 5.91 Å². The number of benzene rings is 1. The third-order valence-electron chi connectivity index (χ3n) is 3.90. The van der Waals surface area contributed by atoms with Gasteiger partial charge in [-0.3, -0.25) is 10.2 Å². The van der Waals surface area contributed by atoms with E-state index in [0.29, 0.717) is 0 Å². The molecule has 0 bridgehead atoms. The number of ether oxygens (including phenoxy) is 1. The highest BCUT2D eigenvalue weighted by atomic mass is 16.5. The molecule has 0 aromatic heterocycles. The molecule has 0 spiro atoms. The summed E-state index contributed by atoms with van der Waals surface area (Å²) in [5.74, 6) is 6.06. The van der Waals surface area contributed by atoms with E-state index in [1.807, 2.05) is 24.3 Å². The molecule has 1 fully saturated rings. The Kier molecular flexibility index (Phi) is 3.87. The van der Waals surface area contributed by atoms with Gasteiger partial charge in [0.15, 0.2) is 0 Å². The number of carbonyl (C=O) groups excluding carboxylic acids is 1. The van der Waals surface area contributed by atoms with Gasteiger partial charge in [0.2, 0.25) is 5.91 Å². The minimum absolute atomic E-state index is 0.0875. The van der Waals surface area contributed by atoms with Crippen molar-refractivity contribution < 1.29 is 9.53 Å². The lowest BCUT2D eigenvalue weighted by Crippen LogP contribution is -2.48. The van der Waals surface area contributed by atoms with E-state index in [1.165, 1.54) is 6.42 Å². The molecule has 0 aliphatic heterocycles. The SMILES string of the molecule is COc1cccc(C2(C(=O)NN)CCCCC2)c1. The Bertz CT molecular complexity index is 426. The van der Waals surface area contributed by atoms with Crippen LogP contribution in [0.25, 0.3) is 0 Å². The summed E-state index contributed by atoms with van der Waals surface area (Å²) < 4.78 is 5.24. The van der Waals surface area contributed by atoms with Crippen molar-refractivity contribution in [2.45, 2.75) is 37.5 Å². The first-order valence-electron chi connectivity index (χ1n) is 6.38. The zero-order chi connectivity index (χ0) is 13.0. The molecule has 3 N–H and O–H groups in total. The third kappa shape index (κ3) is 2.20. The zero-order valence-electron chi connectivity index (χ0n) is 10.7. The van der Waals surface area contributed by atoms with E-state index in [1.54, 1.807) is 7.11 Å². The summed E-state index contributed by atoms with van der Waals surface area (Å²) in [5.41, 5.74) is 2.85. The molecule has 0 saturated heterocycles. The predicted molar refractivity (Wildman–Crippen MR) is 70.1 cm³/mol. The molecule has 4 heteroatoms. The maximum Gasteiger partial charge on any atom is 0.244 e. The van der Waals surface area contributed by atoms with Gasteiger partial charge in [-0.1, -0.05) is 31.4 Å². The Morgan fingerprint density at radius 2 is 2.06 bits per heavy atom. The van der Waals surface area contributed by atoms with Crippen molar-refractivity contribution in [1.82, 2.24) is 5.43 Å². The number of carbonyl (C=O) groups is 1. The Hall–Kier alpha value is -1.55. The van der Waals surface area contributed by atoms with Gasteiger partial charge in [0.05, 0.1) is 12.5 Å². The fourth-order valence-corrected chi connectivity index (χ4v) is 2.86. The van der Waals surface area contributed by atoms with Crippen LogP contribution < -0.4 is 16.0 Å². The average molecular weight is 248 g/mol. The number of hydrogen-bond acceptors (Lipinski definition) is 3. The van der Waals surface area contributed by atoms with Crippen molar-refractivity contribution in [2.75, 3.05) is 7.11 Å². The van der Waals surface area contributed by atoms with Crippen LogP contribution in [0.1, 0.15) is 37.7 Å². The molecule has 2 rings (SSSR count). The number of nitrogens with two attached hydrogens (primary N) is 1. The highest BCUT2D eigenvalue weighted by Gasteiger charge is 2.40. The van der Waals surface area contributed by atoms with E-state index in [9.17, 15) is 4.79 Å². The Morgan fingerprint density at radius 1 is 1.33 bits per heavy atom. The van der Waals surface area contributed by atoms with Gasteiger partial charge in [-0.2, -0.15) is 0 Å². The first kappa shape index (κ1) is 12.9. The van der Waals surface area contributed by atoms with Crippen molar-refractivity contribution >= 4 is 5.91 Å². The van der Waals surface area contributed by atoms with Gasteiger partial charge in [0.1, 0.15) is 5.75 Å². The number of hydrazine groups is 1. The maximum atomic E-state index is 12.2. The van der Waals surface area contributed by atoms with Crippen LogP contribution in [-0.2, 0) is 10.2 Å². The summed E-state index contributed by atoms with van der Waals surface area (Å²) in [6, 6.07) is 7.75. The lowest BCUT2D eigenvalue weighted by molar-refractivity contribution is -0.128. The quantitative estimate of drug-likeness (QED) is 0.488. The first-order chi connectivity index (χ1) is 8.73. The second-order valence-electron chi connectivity index (χ2n) is 4.85. The van der Waals surface area contributed by atoms with Gasteiger partial charge in [0, 0.05) is 0 Å². The summed E-state index contributed by atoms with van der Waals surface area (Å²) >= 11 is 0. The summed E-state index contributed by atoms with van der Waals surface area (Å²) in [6.07, 6.45) is 5.01. The fraction of sp³-hybridized carbons (Fsp3) is 0.500. The van der Waals surface area contributed by atoms with Gasteiger partial charge in [-0.25, -0.2) is 5.84 Å². The Labute approximate surface area is 107 Å². The van der Waals surface area contributed by atoms with Crippen LogP contribution in [0.4, 0.5) is 0 Å². The number of rotatable bonds is 3. The molecule has 1 aromatic rings. The Balaban J connectivity index is 2.41. The highest BCUT2D eigenvalue weighted by Crippen LogP contribution is 2.40. The van der Waals surface area contributed by atoms with Crippen LogP contribution in [0, 0.1) is 0 Å². The summed E-state index contributed by atoms with van der Waals surface area (Å²) in [5, 5.41) is 0. The fourth-order valence-electron chi connectivity index (χ4n) is 2.86. The summed E-state index contributed by atoms with van der Waals surface area (Å²) in [6.45, 7) is 0. The van der Waals surface area contributed by atoms with E-state index in [2.05, 4.69) is 5.43 Å². The minimum Gasteiger partial charge on any atom is -0.497 e. The van der Waals surface area contributed by atoms with Gasteiger partial charge in [0.25, 0.3) is 0 Å². The zero-order valence-corrected chi connectivity index (χ0v) is 10.7. The lowest BCUT2D eigenvalue weighted by atomic mass is 9.69. The van der Waals surface area contributed by atoms with Crippen molar-refractivity contribution in [3.63, 3.8) is 0 Å². The number of amides is 1. The van der Waals surface area contributed by atoms with Crippen molar-refractivity contribution in [3.8, 4) is 5.75 Å². The standard InChI is InChI=1S/C14H20N2O2/c1-18-12-7-5-6-11(10-12)14(13(17)16-15)8-3-2-4-9-14/h5-7,10H,2-4,8-9,15H2,1H3,(H,16,17). The van der Waals surface area contributed by atoms with Crippen LogP contribution in [0.3, 0.4) is 0 Å². The van der Waals surface area contributed by atoms with Crippen molar-refractivity contribution in [3.05, 3.63) is 29.8 Å². The molecule has 98 valence electrons. The van der Waals surface area contributed by atoms with Gasteiger partial charge >= 0.3 is 0 Å². The molecule has 1 aliphatic carbocycles. The predicted octanol–water partition coefficient (Wildman–Crippen LogP) is 1.89. The Morgan fingerprint density at radius 3 is 2.67 bits per heavy atom. The van der Waals surface area contributed by atoms with E-state index in [0.717, 1.165) is 37.0 Å². The van der Waals surface area contributed by atoms with Gasteiger partial charge in [-0.15, -0.1) is 0 Å². The second-order valence-corrected chi connectivity index (χ2v) is 4.85. The van der Waals surface area contributed by atoms with Crippen LogP contribution in [0.15, 0.2) is 24.3 Å². The van der Waals surface area contributed by atoms with Crippen LogP contribution in [0.2, 0.25) is 0 Å². The molecule has 1 aliphatic rings. The molecule has 0 radical (unpaired) electrons. The smallest absolute Gasteiger partial charge is 0.244 e. The number of hydrogen-bond donors (Lipinski definition) is 2. The van der Waals surface area contributed by atoms with Crippen LogP contribution in [-0.4, -0.2) is 13.0 Å². The van der Waals surface area contributed by atoms with Crippen LogP contribution in [0.5, 0.6) is 5.75 Å². The molecular formula is C14H20N2O2. The number of nitrogens with one attached hydrogen (secondary N) is 1. The van der Waals surface area contributed by atoms with Crippen LogP contribution >= 0.6 is 0 Å². The molecular weight excluding hydrogens is 228 g/mol. The second kappa shape index (κ2) is 5.40. The topological polar surface area (TPSA) is 64.3 Å². The van der Waals surface area contributed by atoms with E-state index in [4.69, 9.17) is 10.6 Å². The summed E-state index contributed by atoms with van der Waals surface area (Å²) in [4.78, 5) is 12.2. The molecule has 4 nitrogen and oxygen atoms in total. The molecule has 1 amide bonds. The van der Waals surface area contributed by atoms with E-state index >= 15 is 0 Å². The van der Waals surface area contributed by atoms with Crippen molar-refractivity contribution in [2.24, 2.45) is 5.84 Å². The maximum absolute atomic E-state index is 12.2.